The highest BCUT2D eigenvalue weighted by molar-refractivity contribution is 7.91. The Labute approximate surface area is 119 Å². The molecule has 1 aliphatic heterocycles. The number of hydrazine groups is 1. The quantitative estimate of drug-likeness (QED) is 0.617. The molecule has 0 radical (unpaired) electrons. The van der Waals surface area contributed by atoms with Crippen LogP contribution in [0.15, 0.2) is 12.1 Å². The van der Waals surface area contributed by atoms with E-state index in [0.29, 0.717) is 11.5 Å². The Bertz CT molecular complexity index is 510. The highest BCUT2D eigenvalue weighted by Crippen LogP contribution is 2.25. The second kappa shape index (κ2) is 6.35. The van der Waals surface area contributed by atoms with Gasteiger partial charge in [-0.3, -0.25) is 11.3 Å². The second-order valence-corrected chi connectivity index (χ2v) is 8.78. The van der Waals surface area contributed by atoms with Gasteiger partial charge in [-0.15, -0.1) is 11.3 Å². The highest BCUT2D eigenvalue weighted by atomic mass is 32.2. The van der Waals surface area contributed by atoms with E-state index in [1.165, 1.54) is 9.75 Å². The molecule has 0 amide bonds. The molecule has 3 N–H and O–H groups in total. The Morgan fingerprint density at radius 2 is 2.21 bits per heavy atom. The van der Waals surface area contributed by atoms with Gasteiger partial charge in [-0.25, -0.2) is 8.42 Å². The zero-order chi connectivity index (χ0) is 13.9. The lowest BCUT2D eigenvalue weighted by Crippen LogP contribution is -2.38. The standard InChI is InChI=1S/C13H22N2O2S2/c1-2-12-3-4-13(18-12)8-11(15-14)7-10-5-6-19(16,17)9-10/h3-4,10-11,15H,2,5-9,14H2,1H3. The van der Waals surface area contributed by atoms with E-state index in [2.05, 4.69) is 24.5 Å². The fourth-order valence-electron chi connectivity index (χ4n) is 2.64. The molecule has 2 rings (SSSR count). The number of aryl methyl sites for hydroxylation is 1. The van der Waals surface area contributed by atoms with Crippen LogP contribution in [-0.4, -0.2) is 26.0 Å². The fourth-order valence-corrected chi connectivity index (χ4v) is 5.55. The van der Waals surface area contributed by atoms with E-state index in [0.717, 1.165) is 25.7 Å². The lowest BCUT2D eigenvalue weighted by molar-refractivity contribution is 0.410. The van der Waals surface area contributed by atoms with Crippen molar-refractivity contribution in [2.45, 2.75) is 38.6 Å². The molecular weight excluding hydrogens is 280 g/mol. The molecule has 2 unspecified atom stereocenters. The lowest BCUT2D eigenvalue weighted by atomic mass is 9.97. The van der Waals surface area contributed by atoms with E-state index in [9.17, 15) is 8.42 Å². The summed E-state index contributed by atoms with van der Waals surface area (Å²) in [6, 6.07) is 4.48. The molecule has 2 atom stereocenters. The van der Waals surface area contributed by atoms with E-state index in [1.54, 1.807) is 0 Å². The maximum absolute atomic E-state index is 11.5. The Morgan fingerprint density at radius 1 is 1.47 bits per heavy atom. The minimum atomic E-state index is -2.79. The van der Waals surface area contributed by atoms with E-state index < -0.39 is 9.84 Å². The van der Waals surface area contributed by atoms with Crippen LogP contribution < -0.4 is 11.3 Å². The van der Waals surface area contributed by atoms with Crippen LogP contribution in [0.2, 0.25) is 0 Å². The van der Waals surface area contributed by atoms with Gasteiger partial charge in [-0.05, 0) is 43.7 Å². The van der Waals surface area contributed by atoms with Crippen LogP contribution in [-0.2, 0) is 22.7 Å². The Hall–Kier alpha value is -0.430. The van der Waals surface area contributed by atoms with Gasteiger partial charge in [0.15, 0.2) is 9.84 Å². The first kappa shape index (κ1) is 15.0. The number of sulfone groups is 1. The predicted molar refractivity (Wildman–Crippen MR) is 79.9 cm³/mol. The monoisotopic (exact) mass is 302 g/mol. The Morgan fingerprint density at radius 3 is 2.74 bits per heavy atom. The van der Waals surface area contributed by atoms with Gasteiger partial charge < -0.3 is 0 Å². The molecule has 1 aliphatic rings. The summed E-state index contributed by atoms with van der Waals surface area (Å²) in [6.45, 7) is 2.15. The summed E-state index contributed by atoms with van der Waals surface area (Å²) in [7, 11) is -2.79. The maximum atomic E-state index is 11.5. The van der Waals surface area contributed by atoms with Crippen LogP contribution in [0, 0.1) is 5.92 Å². The van der Waals surface area contributed by atoms with Crippen LogP contribution >= 0.6 is 11.3 Å². The molecule has 4 nitrogen and oxygen atoms in total. The molecule has 108 valence electrons. The SMILES string of the molecule is CCc1ccc(CC(CC2CCS(=O)(=O)C2)NN)s1. The van der Waals surface area contributed by atoms with Crippen molar-refractivity contribution in [2.75, 3.05) is 11.5 Å². The summed E-state index contributed by atoms with van der Waals surface area (Å²) >= 11 is 1.82. The molecule has 1 saturated heterocycles. The van der Waals surface area contributed by atoms with Crippen LogP contribution in [0.25, 0.3) is 0 Å². The Kier molecular flexibility index (Phi) is 5.00. The molecule has 2 heterocycles. The predicted octanol–water partition coefficient (Wildman–Crippen LogP) is 1.51. The third-order valence-electron chi connectivity index (χ3n) is 3.69. The van der Waals surface area contributed by atoms with Gasteiger partial charge >= 0.3 is 0 Å². The van der Waals surface area contributed by atoms with Gasteiger partial charge in [0.25, 0.3) is 0 Å². The van der Waals surface area contributed by atoms with Crippen molar-refractivity contribution in [3.63, 3.8) is 0 Å². The number of nitrogens with two attached hydrogens (primary N) is 1. The van der Waals surface area contributed by atoms with Gasteiger partial charge in [0, 0.05) is 15.8 Å². The molecule has 1 aromatic rings. The first-order valence-electron chi connectivity index (χ1n) is 6.76. The fraction of sp³-hybridized carbons (Fsp3) is 0.692. The van der Waals surface area contributed by atoms with Gasteiger partial charge in [-0.1, -0.05) is 6.92 Å². The molecule has 0 spiro atoms. The smallest absolute Gasteiger partial charge is 0.150 e. The lowest BCUT2D eigenvalue weighted by Gasteiger charge is -2.18. The molecule has 0 bridgehead atoms. The van der Waals surface area contributed by atoms with Crippen LogP contribution in [0.5, 0.6) is 0 Å². The average molecular weight is 302 g/mol. The van der Waals surface area contributed by atoms with Crippen LogP contribution in [0.1, 0.15) is 29.5 Å². The molecule has 0 aliphatic carbocycles. The van der Waals surface area contributed by atoms with E-state index >= 15 is 0 Å². The summed E-state index contributed by atoms with van der Waals surface area (Å²) in [4.78, 5) is 2.70. The van der Waals surface area contributed by atoms with Gasteiger partial charge in [0.2, 0.25) is 0 Å². The molecule has 19 heavy (non-hydrogen) atoms. The van der Waals surface area contributed by atoms with Crippen molar-refractivity contribution >= 4 is 21.2 Å². The van der Waals surface area contributed by atoms with Crippen LogP contribution in [0.3, 0.4) is 0 Å². The zero-order valence-corrected chi connectivity index (χ0v) is 12.9. The maximum Gasteiger partial charge on any atom is 0.150 e. The van der Waals surface area contributed by atoms with E-state index in [1.807, 2.05) is 11.3 Å². The minimum absolute atomic E-state index is 0.168. The first-order chi connectivity index (χ1) is 9.02. The first-order valence-corrected chi connectivity index (χ1v) is 9.40. The number of hydrogen-bond donors (Lipinski definition) is 2. The van der Waals surface area contributed by atoms with Gasteiger partial charge in [-0.2, -0.15) is 0 Å². The highest BCUT2D eigenvalue weighted by Gasteiger charge is 2.29. The van der Waals surface area contributed by atoms with Crippen molar-refractivity contribution in [1.29, 1.82) is 0 Å². The molecule has 1 aromatic heterocycles. The number of hydrogen-bond acceptors (Lipinski definition) is 5. The summed E-state index contributed by atoms with van der Waals surface area (Å²) < 4.78 is 22.9. The topological polar surface area (TPSA) is 72.2 Å². The summed E-state index contributed by atoms with van der Waals surface area (Å²) in [5, 5.41) is 0. The summed E-state index contributed by atoms with van der Waals surface area (Å²) in [5.74, 6) is 6.54. The molecule has 1 fully saturated rings. The van der Waals surface area contributed by atoms with Crippen molar-refractivity contribution < 1.29 is 8.42 Å². The zero-order valence-electron chi connectivity index (χ0n) is 11.3. The van der Waals surface area contributed by atoms with E-state index in [-0.39, 0.29) is 12.0 Å². The molecular formula is C13H22N2O2S2. The second-order valence-electron chi connectivity index (χ2n) is 5.29. The minimum Gasteiger partial charge on any atom is -0.271 e. The third-order valence-corrected chi connectivity index (χ3v) is 6.78. The normalized spacial score (nSPS) is 23.6. The third kappa shape index (κ3) is 4.27. The largest absolute Gasteiger partial charge is 0.271 e. The van der Waals surface area contributed by atoms with Crippen LogP contribution in [0.4, 0.5) is 0 Å². The summed E-state index contributed by atoms with van der Waals surface area (Å²) in [5.41, 5.74) is 2.84. The average Bonchev–Trinajstić information content (AvgIpc) is 2.95. The van der Waals surface area contributed by atoms with Crippen molar-refractivity contribution in [1.82, 2.24) is 5.43 Å². The number of thiophene rings is 1. The molecule has 0 aromatic carbocycles. The van der Waals surface area contributed by atoms with E-state index in [4.69, 9.17) is 5.84 Å². The van der Waals surface area contributed by atoms with Crippen molar-refractivity contribution in [3.05, 3.63) is 21.9 Å². The Balaban J connectivity index is 1.90. The molecule has 6 heteroatoms. The number of nitrogens with one attached hydrogen (secondary N) is 1. The summed E-state index contributed by atoms with van der Waals surface area (Å²) in [6.07, 6.45) is 3.57. The molecule has 0 saturated carbocycles. The van der Waals surface area contributed by atoms with Crippen molar-refractivity contribution in [3.8, 4) is 0 Å². The van der Waals surface area contributed by atoms with Gasteiger partial charge in [0.05, 0.1) is 11.5 Å². The van der Waals surface area contributed by atoms with Crippen molar-refractivity contribution in [2.24, 2.45) is 11.8 Å². The number of rotatable bonds is 6. The van der Waals surface area contributed by atoms with Gasteiger partial charge in [0.1, 0.15) is 0 Å².